The van der Waals surface area contributed by atoms with Gasteiger partial charge in [-0.15, -0.1) is 0 Å². The molecular weight excluding hydrogens is 356 g/mol. The summed E-state index contributed by atoms with van der Waals surface area (Å²) in [6.07, 6.45) is 2.69. The smallest absolute Gasteiger partial charge is 0.224 e. The molecule has 2 aromatic rings. The van der Waals surface area contributed by atoms with Crippen LogP contribution in [0.3, 0.4) is 0 Å². The van der Waals surface area contributed by atoms with Crippen molar-refractivity contribution in [1.82, 2.24) is 10.2 Å². The maximum atomic E-state index is 12.3. The van der Waals surface area contributed by atoms with Crippen molar-refractivity contribution < 1.29 is 18.7 Å². The predicted molar refractivity (Wildman–Crippen MR) is 107 cm³/mol. The average Bonchev–Trinajstić information content (AvgIpc) is 3.14. The first-order valence-corrected chi connectivity index (χ1v) is 9.84. The van der Waals surface area contributed by atoms with Gasteiger partial charge in [-0.1, -0.05) is 12.1 Å². The third-order valence-corrected chi connectivity index (χ3v) is 5.10. The molecule has 1 fully saturated rings. The normalized spacial score (nSPS) is 17.4. The number of benzene rings is 1. The van der Waals surface area contributed by atoms with Gasteiger partial charge in [0.1, 0.15) is 23.9 Å². The highest BCUT2D eigenvalue weighted by Gasteiger charge is 2.21. The van der Waals surface area contributed by atoms with Crippen LogP contribution in [0.2, 0.25) is 0 Å². The van der Waals surface area contributed by atoms with Gasteiger partial charge in [0, 0.05) is 20.2 Å². The first-order valence-electron chi connectivity index (χ1n) is 9.84. The lowest BCUT2D eigenvalue weighted by Gasteiger charge is -2.32. The number of nitrogens with zero attached hydrogens (tertiary/aromatic N) is 1. The molecule has 6 nitrogen and oxygen atoms in total. The summed E-state index contributed by atoms with van der Waals surface area (Å²) in [5.41, 5.74) is 0.994. The molecule has 1 aromatic carbocycles. The fourth-order valence-electron chi connectivity index (χ4n) is 3.66. The number of methoxy groups -OCH3 is 2. The molecule has 1 aromatic heterocycles. The largest absolute Gasteiger partial charge is 0.497 e. The summed E-state index contributed by atoms with van der Waals surface area (Å²) in [5.74, 6) is 3.17. The summed E-state index contributed by atoms with van der Waals surface area (Å²) in [4.78, 5) is 14.7. The van der Waals surface area contributed by atoms with Crippen molar-refractivity contribution in [3.05, 3.63) is 53.5 Å². The van der Waals surface area contributed by atoms with Crippen molar-refractivity contribution in [2.75, 3.05) is 33.9 Å². The minimum Gasteiger partial charge on any atom is -0.497 e. The Bertz CT molecular complexity index is 741. The van der Waals surface area contributed by atoms with E-state index in [2.05, 4.69) is 10.2 Å². The molecule has 0 spiro atoms. The number of ether oxygens (including phenoxy) is 2. The van der Waals surface area contributed by atoms with Gasteiger partial charge < -0.3 is 19.2 Å². The van der Waals surface area contributed by atoms with Crippen molar-refractivity contribution in [3.63, 3.8) is 0 Å². The Morgan fingerprint density at radius 3 is 2.71 bits per heavy atom. The van der Waals surface area contributed by atoms with Gasteiger partial charge in [-0.25, -0.2) is 0 Å². The molecule has 0 aliphatic carbocycles. The van der Waals surface area contributed by atoms with E-state index < -0.39 is 0 Å². The lowest BCUT2D eigenvalue weighted by molar-refractivity contribution is -0.120. The summed E-state index contributed by atoms with van der Waals surface area (Å²) in [7, 11) is 3.31. The molecule has 0 saturated carbocycles. The van der Waals surface area contributed by atoms with Gasteiger partial charge in [-0.3, -0.25) is 9.69 Å². The summed E-state index contributed by atoms with van der Waals surface area (Å²) < 4.78 is 16.0. The van der Waals surface area contributed by atoms with Gasteiger partial charge in [-0.2, -0.15) is 0 Å². The second-order valence-electron chi connectivity index (χ2n) is 7.37. The Hall–Kier alpha value is -2.31. The SMILES string of the molecule is COCc1ccc(CN2CCC[C@H](CNC(=O)Cc3ccc(OC)cc3)C2)o1. The molecule has 1 aliphatic heterocycles. The molecule has 1 atom stereocenters. The highest BCUT2D eigenvalue weighted by molar-refractivity contribution is 5.78. The molecule has 3 rings (SSSR count). The van der Waals surface area contributed by atoms with E-state index in [-0.39, 0.29) is 5.91 Å². The molecule has 0 radical (unpaired) electrons. The molecule has 1 N–H and O–H groups in total. The Morgan fingerprint density at radius 2 is 1.96 bits per heavy atom. The van der Waals surface area contributed by atoms with Crippen LogP contribution in [0.1, 0.15) is 29.9 Å². The molecule has 6 heteroatoms. The number of carbonyl (C=O) groups is 1. The number of nitrogens with one attached hydrogen (secondary N) is 1. The third kappa shape index (κ3) is 6.11. The van der Waals surface area contributed by atoms with Gasteiger partial charge >= 0.3 is 0 Å². The fraction of sp³-hybridized carbons (Fsp3) is 0.500. The van der Waals surface area contributed by atoms with Gasteiger partial charge in [-0.05, 0) is 55.1 Å². The van der Waals surface area contributed by atoms with Crippen LogP contribution >= 0.6 is 0 Å². The van der Waals surface area contributed by atoms with E-state index in [1.807, 2.05) is 36.4 Å². The average molecular weight is 386 g/mol. The van der Waals surface area contributed by atoms with E-state index in [1.165, 1.54) is 0 Å². The molecule has 152 valence electrons. The monoisotopic (exact) mass is 386 g/mol. The van der Waals surface area contributed by atoms with Crippen LogP contribution in [0, 0.1) is 5.92 Å². The topological polar surface area (TPSA) is 63.9 Å². The van der Waals surface area contributed by atoms with Gasteiger partial charge in [0.25, 0.3) is 0 Å². The van der Waals surface area contributed by atoms with Crippen molar-refractivity contribution >= 4 is 5.91 Å². The summed E-state index contributed by atoms with van der Waals surface area (Å²) in [6, 6.07) is 11.6. The first kappa shape index (κ1) is 20.4. The minimum atomic E-state index is 0.0672. The second kappa shape index (κ2) is 10.3. The maximum absolute atomic E-state index is 12.3. The molecule has 1 saturated heterocycles. The molecule has 1 amide bonds. The van der Waals surface area contributed by atoms with Crippen LogP contribution in [0.25, 0.3) is 0 Å². The number of likely N-dealkylation sites (tertiary alicyclic amines) is 1. The summed E-state index contributed by atoms with van der Waals surface area (Å²) >= 11 is 0. The maximum Gasteiger partial charge on any atom is 0.224 e. The van der Waals surface area contributed by atoms with Crippen molar-refractivity contribution in [3.8, 4) is 5.75 Å². The number of amides is 1. The van der Waals surface area contributed by atoms with Crippen LogP contribution in [-0.2, 0) is 29.1 Å². The number of hydrogen-bond donors (Lipinski definition) is 1. The summed E-state index contributed by atoms with van der Waals surface area (Å²) in [6.45, 7) is 4.07. The zero-order valence-electron chi connectivity index (χ0n) is 16.8. The van der Waals surface area contributed by atoms with E-state index in [4.69, 9.17) is 13.9 Å². The van der Waals surface area contributed by atoms with E-state index in [0.717, 1.165) is 61.9 Å². The van der Waals surface area contributed by atoms with E-state index in [0.29, 0.717) is 18.9 Å². The number of furan rings is 1. The third-order valence-electron chi connectivity index (χ3n) is 5.10. The molecule has 0 unspecified atom stereocenters. The first-order chi connectivity index (χ1) is 13.7. The highest BCUT2D eigenvalue weighted by Crippen LogP contribution is 2.19. The van der Waals surface area contributed by atoms with E-state index in [9.17, 15) is 4.79 Å². The van der Waals surface area contributed by atoms with Crippen LogP contribution in [-0.4, -0.2) is 44.7 Å². The lowest BCUT2D eigenvalue weighted by atomic mass is 9.97. The number of rotatable bonds is 9. The Kier molecular flexibility index (Phi) is 7.51. The Morgan fingerprint density at radius 1 is 1.18 bits per heavy atom. The van der Waals surface area contributed by atoms with Gasteiger partial charge in [0.2, 0.25) is 5.91 Å². The van der Waals surface area contributed by atoms with Gasteiger partial charge in [0.05, 0.1) is 20.1 Å². The number of carbonyl (C=O) groups excluding carboxylic acids is 1. The molecule has 2 heterocycles. The molecule has 0 bridgehead atoms. The minimum absolute atomic E-state index is 0.0672. The lowest BCUT2D eigenvalue weighted by Crippen LogP contribution is -2.40. The van der Waals surface area contributed by atoms with Crippen LogP contribution in [0.15, 0.2) is 40.8 Å². The summed E-state index contributed by atoms with van der Waals surface area (Å²) in [5, 5.41) is 3.10. The molecule has 1 aliphatic rings. The number of hydrogen-bond acceptors (Lipinski definition) is 5. The zero-order valence-corrected chi connectivity index (χ0v) is 16.8. The van der Waals surface area contributed by atoms with Crippen molar-refractivity contribution in [2.45, 2.75) is 32.4 Å². The van der Waals surface area contributed by atoms with Crippen LogP contribution < -0.4 is 10.1 Å². The molecular formula is C22H30N2O4. The van der Waals surface area contributed by atoms with Gasteiger partial charge in [0.15, 0.2) is 0 Å². The molecule has 28 heavy (non-hydrogen) atoms. The highest BCUT2D eigenvalue weighted by atomic mass is 16.5. The second-order valence-corrected chi connectivity index (χ2v) is 7.37. The fourth-order valence-corrected chi connectivity index (χ4v) is 3.66. The van der Waals surface area contributed by atoms with Crippen LogP contribution in [0.4, 0.5) is 0 Å². The predicted octanol–water partition coefficient (Wildman–Crippen LogP) is 3.01. The standard InChI is InChI=1S/C22H30N2O4/c1-26-16-21-10-9-20(28-21)15-24-11-3-4-18(14-24)13-23-22(25)12-17-5-7-19(27-2)8-6-17/h5-10,18H,3-4,11-16H2,1-2H3,(H,23,25)/t18-/m1/s1. The Balaban J connectivity index is 1.41. The number of piperidine rings is 1. The quantitative estimate of drug-likeness (QED) is 0.718. The van der Waals surface area contributed by atoms with E-state index in [1.54, 1.807) is 14.2 Å². The van der Waals surface area contributed by atoms with Crippen LogP contribution in [0.5, 0.6) is 5.75 Å². The zero-order chi connectivity index (χ0) is 19.8. The Labute approximate surface area is 166 Å². The van der Waals surface area contributed by atoms with E-state index >= 15 is 0 Å². The van der Waals surface area contributed by atoms with Crippen molar-refractivity contribution in [2.24, 2.45) is 5.92 Å². The van der Waals surface area contributed by atoms with Crippen molar-refractivity contribution in [1.29, 1.82) is 0 Å².